The standard InChI is InChI=1S/C21H9F16NO3S/c22-15(23,16(24,25)19(30,31)32)14(10-5-6-13-11(8-10)7-9-3-1-2-4-12(9)13)38(39)42(40,41)21(36,37)18(28,29)17(26,27)20(33,34)35/h1-6,8H,7H2/b38-14-. The number of fused-ring (bicyclic) bond motifs is 3. The molecule has 0 radical (unpaired) electrons. The van der Waals surface area contributed by atoms with Crippen LogP contribution >= 0.6 is 0 Å². The summed E-state index contributed by atoms with van der Waals surface area (Å²) in [6.07, 6.45) is -15.5. The van der Waals surface area contributed by atoms with Gasteiger partial charge in [0.05, 0.1) is 5.56 Å². The van der Waals surface area contributed by atoms with Crippen molar-refractivity contribution in [2.75, 3.05) is 0 Å². The predicted octanol–water partition coefficient (Wildman–Crippen LogP) is 7.15. The van der Waals surface area contributed by atoms with Crippen molar-refractivity contribution < 1.29 is 82.8 Å². The van der Waals surface area contributed by atoms with Crippen LogP contribution < -0.4 is 0 Å². The summed E-state index contributed by atoms with van der Waals surface area (Å²) in [6, 6.07) is 6.28. The van der Waals surface area contributed by atoms with Gasteiger partial charge in [-0.25, -0.2) is 0 Å². The molecule has 4 nitrogen and oxygen atoms in total. The molecule has 0 fully saturated rings. The van der Waals surface area contributed by atoms with Gasteiger partial charge in [0.15, 0.2) is 0 Å². The third-order valence-corrected chi connectivity index (χ3v) is 7.48. The van der Waals surface area contributed by atoms with E-state index in [9.17, 15) is 83.9 Å². The van der Waals surface area contributed by atoms with Crippen LogP contribution in [-0.2, 0) is 16.4 Å². The first kappa shape index (κ1) is 33.2. The highest BCUT2D eigenvalue weighted by Gasteiger charge is 2.88. The highest BCUT2D eigenvalue weighted by molar-refractivity contribution is 7.86. The Labute approximate surface area is 222 Å². The van der Waals surface area contributed by atoms with Crippen molar-refractivity contribution in [3.8, 4) is 11.1 Å². The average molecular weight is 659 g/mol. The van der Waals surface area contributed by atoms with Gasteiger partial charge in [-0.2, -0.15) is 78.7 Å². The Hall–Kier alpha value is -3.26. The molecule has 3 rings (SSSR count). The molecule has 0 heterocycles. The molecular formula is C21H9F16NO3S. The minimum Gasteiger partial charge on any atom is -0.607 e. The van der Waals surface area contributed by atoms with Crippen LogP contribution in [-0.4, -0.2) is 59.6 Å². The zero-order valence-electron chi connectivity index (χ0n) is 19.4. The van der Waals surface area contributed by atoms with Gasteiger partial charge in [-0.1, -0.05) is 34.5 Å². The number of halogens is 16. The summed E-state index contributed by atoms with van der Waals surface area (Å²) in [4.78, 5) is 0. The van der Waals surface area contributed by atoms with Gasteiger partial charge in [0.1, 0.15) is 0 Å². The molecule has 0 spiro atoms. The molecule has 0 aliphatic heterocycles. The van der Waals surface area contributed by atoms with Gasteiger partial charge in [-0.15, -0.1) is 0 Å². The van der Waals surface area contributed by atoms with E-state index in [0.717, 1.165) is 0 Å². The maximum atomic E-state index is 14.8. The summed E-state index contributed by atoms with van der Waals surface area (Å²) in [6.45, 7) is 0. The zero-order valence-corrected chi connectivity index (χ0v) is 20.2. The number of nitrogens with zero attached hydrogens (tertiary/aromatic N) is 1. The fourth-order valence-corrected chi connectivity index (χ4v) is 4.89. The smallest absolute Gasteiger partial charge is 0.475 e. The Balaban J connectivity index is 2.40. The van der Waals surface area contributed by atoms with E-state index in [1.807, 2.05) is 0 Å². The SMILES string of the molecule is O=S(=O)(/[N+]([O-])=C(/c1ccc2c(c1)Cc1ccccc1-2)C(F)(F)C(F)(F)C(F)(F)F)C(F)(F)C(F)(F)C(F)(F)C(F)(F)F. The third-order valence-electron chi connectivity index (χ3n) is 5.96. The van der Waals surface area contributed by atoms with Crippen molar-refractivity contribution in [3.63, 3.8) is 0 Å². The van der Waals surface area contributed by atoms with Crippen LogP contribution in [0.3, 0.4) is 0 Å². The molecule has 2 aromatic carbocycles. The van der Waals surface area contributed by atoms with Gasteiger partial charge in [0.25, 0.3) is 5.71 Å². The second kappa shape index (κ2) is 9.37. The molecule has 0 bridgehead atoms. The van der Waals surface area contributed by atoms with Crippen LogP contribution in [0.1, 0.15) is 16.7 Å². The molecule has 21 heteroatoms. The Bertz CT molecular complexity index is 1540. The van der Waals surface area contributed by atoms with Crippen LogP contribution in [0.5, 0.6) is 0 Å². The molecule has 1 aliphatic rings. The van der Waals surface area contributed by atoms with Crippen LogP contribution in [0.2, 0.25) is 0 Å². The largest absolute Gasteiger partial charge is 0.607 e. The van der Waals surface area contributed by atoms with Crippen molar-refractivity contribution in [3.05, 3.63) is 64.4 Å². The number of benzene rings is 2. The molecule has 0 amide bonds. The third kappa shape index (κ3) is 4.45. The highest BCUT2D eigenvalue weighted by Crippen LogP contribution is 2.55. The van der Waals surface area contributed by atoms with E-state index in [-0.39, 0.29) is 35.2 Å². The molecule has 234 valence electrons. The van der Waals surface area contributed by atoms with E-state index in [0.29, 0.717) is 11.6 Å². The van der Waals surface area contributed by atoms with Gasteiger partial charge >= 0.3 is 51.3 Å². The summed E-state index contributed by atoms with van der Waals surface area (Å²) < 4.78 is 236. The molecule has 0 unspecified atom stereocenters. The van der Waals surface area contributed by atoms with E-state index in [1.165, 1.54) is 24.3 Å². The molecule has 0 saturated heterocycles. The summed E-state index contributed by atoms with van der Waals surface area (Å²) >= 11 is 0. The van der Waals surface area contributed by atoms with E-state index in [1.54, 1.807) is 0 Å². The van der Waals surface area contributed by atoms with Gasteiger partial charge in [-0.3, -0.25) is 0 Å². The lowest BCUT2D eigenvalue weighted by Crippen LogP contribution is -2.65. The van der Waals surface area contributed by atoms with Crippen LogP contribution in [0.15, 0.2) is 42.5 Å². The first-order valence-electron chi connectivity index (χ1n) is 10.4. The van der Waals surface area contributed by atoms with E-state index < -0.39 is 66.7 Å². The number of alkyl halides is 16. The fraction of sp³-hybridized carbons (Fsp3) is 0.381. The summed E-state index contributed by atoms with van der Waals surface area (Å²) in [5, 5.41) is 4.31. The van der Waals surface area contributed by atoms with Crippen molar-refractivity contribution in [2.45, 2.75) is 47.7 Å². The first-order valence-corrected chi connectivity index (χ1v) is 11.9. The molecule has 2 aromatic rings. The van der Waals surface area contributed by atoms with Gasteiger partial charge in [-0.05, 0) is 40.8 Å². The van der Waals surface area contributed by atoms with Gasteiger partial charge in [0, 0.05) is 0 Å². The average Bonchev–Trinajstić information content (AvgIpc) is 3.19. The fourth-order valence-electron chi connectivity index (χ4n) is 3.77. The minimum atomic E-state index is -8.65. The lowest BCUT2D eigenvalue weighted by atomic mass is 9.95. The van der Waals surface area contributed by atoms with Crippen LogP contribution in [0, 0.1) is 5.21 Å². The van der Waals surface area contributed by atoms with Gasteiger partial charge < -0.3 is 5.21 Å². The quantitative estimate of drug-likeness (QED) is 0.0891. The normalized spacial score (nSPS) is 16.2. The molecule has 0 aromatic heterocycles. The van der Waals surface area contributed by atoms with Crippen molar-refractivity contribution >= 4 is 15.7 Å². The van der Waals surface area contributed by atoms with Crippen LogP contribution in [0.25, 0.3) is 11.1 Å². The molecule has 42 heavy (non-hydrogen) atoms. The second-order valence-electron chi connectivity index (χ2n) is 8.60. The van der Waals surface area contributed by atoms with E-state index in [2.05, 4.69) is 0 Å². The lowest BCUT2D eigenvalue weighted by molar-refractivity contribution is -0.392. The second-order valence-corrected chi connectivity index (χ2v) is 10.4. The Kier molecular flexibility index (Phi) is 7.42. The van der Waals surface area contributed by atoms with Crippen molar-refractivity contribution in [1.82, 2.24) is 0 Å². The Morgan fingerprint density at radius 3 is 1.62 bits per heavy atom. The highest BCUT2D eigenvalue weighted by atomic mass is 32.2. The Morgan fingerprint density at radius 1 is 0.643 bits per heavy atom. The van der Waals surface area contributed by atoms with E-state index >= 15 is 0 Å². The number of rotatable bonds is 7. The minimum absolute atomic E-state index is 0.00147. The predicted molar refractivity (Wildman–Crippen MR) is 108 cm³/mol. The van der Waals surface area contributed by atoms with Crippen molar-refractivity contribution in [2.24, 2.45) is 0 Å². The number of hydrogen-bond acceptors (Lipinski definition) is 3. The van der Waals surface area contributed by atoms with Gasteiger partial charge in [0.2, 0.25) is 0 Å². The monoisotopic (exact) mass is 659 g/mol. The lowest BCUT2D eigenvalue weighted by Gasteiger charge is -2.32. The summed E-state index contributed by atoms with van der Waals surface area (Å²) in [5.41, 5.74) is -5.62. The van der Waals surface area contributed by atoms with Crippen LogP contribution in [0.4, 0.5) is 70.2 Å². The molecule has 0 atom stereocenters. The summed E-state index contributed by atoms with van der Waals surface area (Å²) in [7, 11) is -8.65. The molecule has 1 aliphatic carbocycles. The number of sulfonamides is 1. The molecule has 0 saturated carbocycles. The van der Waals surface area contributed by atoms with E-state index in [4.69, 9.17) is 0 Å². The zero-order chi connectivity index (χ0) is 32.7. The maximum Gasteiger partial charge on any atom is 0.475 e. The first-order chi connectivity index (χ1) is 18.6. The summed E-state index contributed by atoms with van der Waals surface area (Å²) in [5.74, 6) is -31.0. The molecule has 0 N–H and O–H groups in total. The topological polar surface area (TPSA) is 60.2 Å². The number of hydrogen-bond donors (Lipinski definition) is 0. The molecular weight excluding hydrogens is 650 g/mol. The maximum absolute atomic E-state index is 14.8. The van der Waals surface area contributed by atoms with Crippen molar-refractivity contribution in [1.29, 1.82) is 0 Å². The Morgan fingerprint density at radius 2 is 1.12 bits per heavy atom.